The van der Waals surface area contributed by atoms with Gasteiger partial charge in [0.15, 0.2) is 0 Å². The maximum atomic E-state index is 12.3. The number of rotatable bonds is 1. The molecule has 1 amide bonds. The summed E-state index contributed by atoms with van der Waals surface area (Å²) in [6, 6.07) is 2.00. The van der Waals surface area contributed by atoms with E-state index in [0.717, 1.165) is 24.1 Å². The molecule has 1 aromatic heterocycles. The van der Waals surface area contributed by atoms with Crippen LogP contribution >= 0.6 is 0 Å². The number of fused-ring (bicyclic) bond motifs is 1. The lowest BCUT2D eigenvalue weighted by molar-refractivity contribution is 0.0223. The summed E-state index contributed by atoms with van der Waals surface area (Å²) in [7, 11) is 0. The largest absolute Gasteiger partial charge is 0.444 e. The van der Waals surface area contributed by atoms with Crippen LogP contribution in [0.4, 0.5) is 4.79 Å². The van der Waals surface area contributed by atoms with Crippen LogP contribution in [-0.4, -0.2) is 28.1 Å². The fourth-order valence-electron chi connectivity index (χ4n) is 3.01. The number of aromatic amines is 1. The Balaban J connectivity index is 1.95. The number of carbonyl (C=O) groups excluding carboxylic acids is 1. The van der Waals surface area contributed by atoms with Crippen molar-refractivity contribution >= 4 is 6.09 Å². The van der Waals surface area contributed by atoms with Crippen molar-refractivity contribution < 1.29 is 9.53 Å². The van der Waals surface area contributed by atoms with Gasteiger partial charge in [-0.2, -0.15) is 5.26 Å². The van der Waals surface area contributed by atoms with Crippen molar-refractivity contribution in [3.05, 3.63) is 32.7 Å². The van der Waals surface area contributed by atoms with E-state index in [0.29, 0.717) is 24.4 Å². The van der Waals surface area contributed by atoms with Crippen LogP contribution < -0.4 is 5.56 Å². The van der Waals surface area contributed by atoms with Gasteiger partial charge >= 0.3 is 6.09 Å². The first-order valence-corrected chi connectivity index (χ1v) is 7.96. The van der Waals surface area contributed by atoms with Crippen molar-refractivity contribution in [2.45, 2.75) is 58.1 Å². The second-order valence-electron chi connectivity index (χ2n) is 7.24. The number of carbonyl (C=O) groups is 1. The van der Waals surface area contributed by atoms with Gasteiger partial charge in [-0.25, -0.2) is 4.79 Å². The molecule has 0 radical (unpaired) electrons. The molecule has 0 bridgehead atoms. The number of H-pyrrole nitrogens is 1. The van der Waals surface area contributed by atoms with E-state index in [-0.39, 0.29) is 17.7 Å². The summed E-state index contributed by atoms with van der Waals surface area (Å²) < 4.78 is 5.40. The summed E-state index contributed by atoms with van der Waals surface area (Å²) in [5.41, 5.74) is 1.91. The van der Waals surface area contributed by atoms with E-state index in [4.69, 9.17) is 4.74 Å². The highest BCUT2D eigenvalue weighted by atomic mass is 16.6. The van der Waals surface area contributed by atoms with E-state index in [1.807, 2.05) is 26.8 Å². The highest BCUT2D eigenvalue weighted by Crippen LogP contribution is 2.42. The lowest BCUT2D eigenvalue weighted by Crippen LogP contribution is -2.41. The normalized spacial score (nSPS) is 17.4. The second kappa shape index (κ2) is 5.41. The summed E-state index contributed by atoms with van der Waals surface area (Å²) in [4.78, 5) is 28.9. The van der Waals surface area contributed by atoms with Gasteiger partial charge < -0.3 is 14.6 Å². The van der Waals surface area contributed by atoms with Crippen molar-refractivity contribution in [3.63, 3.8) is 0 Å². The van der Waals surface area contributed by atoms with Crippen molar-refractivity contribution in [1.29, 1.82) is 5.26 Å². The lowest BCUT2D eigenvalue weighted by Gasteiger charge is -2.32. The number of amides is 1. The standard InChI is InChI=1S/C17H21N3O3/c1-17(2,3)23-16(22)20-7-6-11-13(9-20)12(8-18)15(21)19-14(11)10-4-5-10/h10H,4-7,9H2,1-3H3,(H,19,21). The van der Waals surface area contributed by atoms with Gasteiger partial charge in [0.2, 0.25) is 0 Å². The van der Waals surface area contributed by atoms with Crippen LogP contribution in [0.2, 0.25) is 0 Å². The topological polar surface area (TPSA) is 86.2 Å². The summed E-state index contributed by atoms with van der Waals surface area (Å²) in [6.45, 7) is 6.26. The van der Waals surface area contributed by atoms with Gasteiger partial charge in [0.25, 0.3) is 5.56 Å². The fourth-order valence-corrected chi connectivity index (χ4v) is 3.01. The van der Waals surface area contributed by atoms with E-state index in [1.165, 1.54) is 0 Å². The maximum Gasteiger partial charge on any atom is 0.410 e. The fraction of sp³-hybridized carbons (Fsp3) is 0.588. The van der Waals surface area contributed by atoms with E-state index in [9.17, 15) is 14.9 Å². The Morgan fingerprint density at radius 3 is 2.61 bits per heavy atom. The van der Waals surface area contributed by atoms with E-state index >= 15 is 0 Å². The van der Waals surface area contributed by atoms with Gasteiger partial charge in [0.1, 0.15) is 17.2 Å². The Hall–Kier alpha value is -2.29. The minimum Gasteiger partial charge on any atom is -0.444 e. The number of nitrogens with one attached hydrogen (secondary N) is 1. The molecule has 0 spiro atoms. The van der Waals surface area contributed by atoms with Crippen molar-refractivity contribution in [1.82, 2.24) is 9.88 Å². The average Bonchev–Trinajstić information content (AvgIpc) is 3.28. The summed E-state index contributed by atoms with van der Waals surface area (Å²) in [5, 5.41) is 9.33. The molecule has 0 saturated heterocycles. The minimum absolute atomic E-state index is 0.123. The third-order valence-electron chi connectivity index (χ3n) is 4.20. The first kappa shape index (κ1) is 15.6. The van der Waals surface area contributed by atoms with Gasteiger partial charge in [-0.3, -0.25) is 4.79 Å². The van der Waals surface area contributed by atoms with Crippen LogP contribution in [0, 0.1) is 11.3 Å². The number of nitriles is 1. The molecule has 122 valence electrons. The highest BCUT2D eigenvalue weighted by Gasteiger charge is 2.34. The Bertz CT molecular complexity index is 748. The Morgan fingerprint density at radius 1 is 1.35 bits per heavy atom. The first-order chi connectivity index (χ1) is 10.8. The van der Waals surface area contributed by atoms with E-state index < -0.39 is 11.7 Å². The van der Waals surface area contributed by atoms with E-state index in [1.54, 1.807) is 4.90 Å². The Labute approximate surface area is 135 Å². The number of nitrogens with zero attached hydrogens (tertiary/aromatic N) is 2. The highest BCUT2D eigenvalue weighted by molar-refractivity contribution is 5.69. The van der Waals surface area contributed by atoms with Gasteiger partial charge in [-0.1, -0.05) is 0 Å². The third-order valence-corrected chi connectivity index (χ3v) is 4.20. The second-order valence-corrected chi connectivity index (χ2v) is 7.24. The lowest BCUT2D eigenvalue weighted by atomic mass is 9.93. The molecule has 23 heavy (non-hydrogen) atoms. The molecule has 1 aliphatic heterocycles. The molecule has 1 aliphatic carbocycles. The quantitative estimate of drug-likeness (QED) is 0.862. The van der Waals surface area contributed by atoms with Crippen molar-refractivity contribution in [2.75, 3.05) is 6.54 Å². The number of aromatic nitrogens is 1. The molecule has 1 aromatic rings. The monoisotopic (exact) mass is 315 g/mol. The average molecular weight is 315 g/mol. The minimum atomic E-state index is -0.567. The maximum absolute atomic E-state index is 12.3. The predicted octanol–water partition coefficient (Wildman–Crippen LogP) is 2.42. The molecule has 0 aromatic carbocycles. The van der Waals surface area contributed by atoms with Crippen molar-refractivity contribution in [2.24, 2.45) is 0 Å². The molecular formula is C17H21N3O3. The predicted molar refractivity (Wildman–Crippen MR) is 84.1 cm³/mol. The van der Waals surface area contributed by atoms with Crippen molar-refractivity contribution in [3.8, 4) is 6.07 Å². The van der Waals surface area contributed by atoms with Crippen LogP contribution in [0.5, 0.6) is 0 Å². The molecule has 3 rings (SSSR count). The van der Waals surface area contributed by atoms with Gasteiger partial charge in [0, 0.05) is 17.8 Å². The molecule has 6 heteroatoms. The Morgan fingerprint density at radius 2 is 2.04 bits per heavy atom. The van der Waals surface area contributed by atoms with Crippen LogP contribution in [-0.2, 0) is 17.7 Å². The number of pyridine rings is 1. The van der Waals surface area contributed by atoms with Crippen LogP contribution in [0.15, 0.2) is 4.79 Å². The smallest absolute Gasteiger partial charge is 0.410 e. The van der Waals surface area contributed by atoms with Crippen LogP contribution in [0.3, 0.4) is 0 Å². The van der Waals surface area contributed by atoms with Gasteiger partial charge in [-0.05, 0) is 51.5 Å². The number of ether oxygens (including phenoxy) is 1. The Kier molecular flexibility index (Phi) is 3.67. The zero-order valence-corrected chi connectivity index (χ0v) is 13.7. The molecule has 1 saturated carbocycles. The zero-order valence-electron chi connectivity index (χ0n) is 13.7. The van der Waals surface area contributed by atoms with Gasteiger partial charge in [-0.15, -0.1) is 0 Å². The molecule has 2 aliphatic rings. The molecular weight excluding hydrogens is 294 g/mol. The van der Waals surface area contributed by atoms with Crippen LogP contribution in [0.25, 0.3) is 0 Å². The summed E-state index contributed by atoms with van der Waals surface area (Å²) in [5.74, 6) is 0.400. The molecule has 0 atom stereocenters. The first-order valence-electron chi connectivity index (χ1n) is 7.96. The zero-order chi connectivity index (χ0) is 16.8. The summed E-state index contributed by atoms with van der Waals surface area (Å²) >= 11 is 0. The number of hydrogen-bond donors (Lipinski definition) is 1. The summed E-state index contributed by atoms with van der Waals surface area (Å²) in [6.07, 6.45) is 2.39. The molecule has 6 nitrogen and oxygen atoms in total. The SMILES string of the molecule is CC(C)(C)OC(=O)N1CCc2c(C3CC3)[nH]c(=O)c(C#N)c2C1. The van der Waals surface area contributed by atoms with E-state index in [2.05, 4.69) is 4.98 Å². The molecule has 0 unspecified atom stereocenters. The number of hydrogen-bond acceptors (Lipinski definition) is 4. The van der Waals surface area contributed by atoms with Crippen LogP contribution in [0.1, 0.15) is 61.9 Å². The third kappa shape index (κ3) is 3.09. The molecule has 1 fully saturated rings. The molecule has 2 heterocycles. The molecule has 1 N–H and O–H groups in total. The van der Waals surface area contributed by atoms with Gasteiger partial charge in [0.05, 0.1) is 6.54 Å².